The molecule has 2 aromatic rings. The van der Waals surface area contributed by atoms with E-state index in [2.05, 4.69) is 0 Å². The molecule has 0 spiro atoms. The number of aryl methyl sites for hydroxylation is 1. The normalized spacial score (nSPS) is 11.6. The van der Waals surface area contributed by atoms with Gasteiger partial charge in [0.2, 0.25) is 0 Å². The largest absolute Gasteiger partial charge is 0.462 e. The third-order valence-electron chi connectivity index (χ3n) is 2.56. The van der Waals surface area contributed by atoms with E-state index >= 15 is 0 Å². The van der Waals surface area contributed by atoms with Crippen LogP contribution in [-0.2, 0) is 16.6 Å². The van der Waals surface area contributed by atoms with E-state index in [1.54, 1.807) is 0 Å². The Morgan fingerprint density at radius 1 is 1.35 bits per heavy atom. The minimum atomic E-state index is -4.13. The molecule has 0 amide bonds. The number of benzene rings is 1. The molecule has 108 valence electrons. The summed E-state index contributed by atoms with van der Waals surface area (Å²) in [6.45, 7) is 0.917. The third-order valence-corrected chi connectivity index (χ3v) is 4.04. The molecule has 1 heterocycles. The molecule has 1 aromatic carbocycles. The van der Waals surface area contributed by atoms with E-state index in [1.807, 2.05) is 4.72 Å². The Hall–Kier alpha value is -1.93. The van der Waals surface area contributed by atoms with Crippen LogP contribution in [0.3, 0.4) is 0 Å². The zero-order chi connectivity index (χ0) is 14.9. The van der Waals surface area contributed by atoms with Crippen LogP contribution in [0.1, 0.15) is 11.5 Å². The van der Waals surface area contributed by atoms with E-state index in [0.717, 1.165) is 18.2 Å². The van der Waals surface area contributed by atoms with Crippen molar-refractivity contribution < 1.29 is 26.7 Å². The van der Waals surface area contributed by atoms with Gasteiger partial charge in [0.25, 0.3) is 10.0 Å². The summed E-state index contributed by atoms with van der Waals surface area (Å²) in [5.74, 6) is -2.36. The van der Waals surface area contributed by atoms with Gasteiger partial charge in [0.15, 0.2) is 11.6 Å². The molecule has 0 aliphatic heterocycles. The molecule has 0 fully saturated rings. The van der Waals surface area contributed by atoms with E-state index in [-0.39, 0.29) is 16.4 Å². The average molecular weight is 303 g/mol. The number of aliphatic hydroxyl groups excluding tert-OH is 1. The van der Waals surface area contributed by atoms with Crippen LogP contribution in [0.4, 0.5) is 14.5 Å². The van der Waals surface area contributed by atoms with Crippen LogP contribution in [0.5, 0.6) is 0 Å². The fourth-order valence-corrected chi connectivity index (χ4v) is 2.92. The van der Waals surface area contributed by atoms with Crippen molar-refractivity contribution in [1.29, 1.82) is 0 Å². The molecule has 20 heavy (non-hydrogen) atoms. The highest BCUT2D eigenvalue weighted by Crippen LogP contribution is 2.24. The molecule has 2 rings (SSSR count). The second-order valence-corrected chi connectivity index (χ2v) is 5.65. The van der Waals surface area contributed by atoms with Crippen molar-refractivity contribution in [2.45, 2.75) is 18.4 Å². The Morgan fingerprint density at radius 3 is 2.65 bits per heavy atom. The van der Waals surface area contributed by atoms with Gasteiger partial charge in [-0.1, -0.05) is 6.07 Å². The van der Waals surface area contributed by atoms with Crippen LogP contribution in [0, 0.1) is 18.6 Å². The molecule has 0 saturated heterocycles. The van der Waals surface area contributed by atoms with Gasteiger partial charge in [-0.05, 0) is 19.1 Å². The fourth-order valence-electron chi connectivity index (χ4n) is 1.65. The molecule has 2 N–H and O–H groups in total. The Bertz CT molecular complexity index is 740. The molecule has 0 bridgehead atoms. The lowest BCUT2D eigenvalue weighted by Crippen LogP contribution is -2.14. The first-order valence-corrected chi connectivity index (χ1v) is 7.00. The summed E-state index contributed by atoms with van der Waals surface area (Å²) in [6.07, 6.45) is 0. The van der Waals surface area contributed by atoms with Gasteiger partial charge in [-0.25, -0.2) is 17.2 Å². The predicted molar refractivity (Wildman–Crippen MR) is 66.5 cm³/mol. The number of nitrogens with one attached hydrogen (secondary N) is 1. The number of sulfonamides is 1. The van der Waals surface area contributed by atoms with Crippen LogP contribution in [0.15, 0.2) is 33.6 Å². The lowest BCUT2D eigenvalue weighted by atomic mass is 10.3. The number of hydrogen-bond donors (Lipinski definition) is 2. The Kier molecular flexibility index (Phi) is 3.78. The summed E-state index contributed by atoms with van der Waals surface area (Å²) >= 11 is 0. The highest BCUT2D eigenvalue weighted by atomic mass is 32.2. The van der Waals surface area contributed by atoms with Crippen molar-refractivity contribution in [3.8, 4) is 0 Å². The molecule has 1 aromatic heterocycles. The number of halogens is 2. The van der Waals surface area contributed by atoms with E-state index in [0.29, 0.717) is 0 Å². The van der Waals surface area contributed by atoms with Crippen molar-refractivity contribution in [2.75, 3.05) is 4.72 Å². The number of rotatable bonds is 4. The monoisotopic (exact) mass is 303 g/mol. The molecule has 0 radical (unpaired) electrons. The molecule has 0 saturated carbocycles. The van der Waals surface area contributed by atoms with E-state index in [4.69, 9.17) is 9.52 Å². The SMILES string of the molecule is Cc1oc(CO)cc1S(=O)(=O)Nc1cccc(F)c1F. The van der Waals surface area contributed by atoms with Gasteiger partial charge in [-0.3, -0.25) is 4.72 Å². The predicted octanol–water partition coefficient (Wildman–Crippen LogP) is 2.16. The van der Waals surface area contributed by atoms with Gasteiger partial charge in [0, 0.05) is 6.07 Å². The average Bonchev–Trinajstić information content (AvgIpc) is 2.77. The fraction of sp³-hybridized carbons (Fsp3) is 0.167. The van der Waals surface area contributed by atoms with Crippen molar-refractivity contribution in [1.82, 2.24) is 0 Å². The minimum Gasteiger partial charge on any atom is -0.462 e. The Balaban J connectivity index is 2.40. The summed E-state index contributed by atoms with van der Waals surface area (Å²) in [7, 11) is -4.13. The second-order valence-electron chi connectivity index (χ2n) is 4.00. The minimum absolute atomic E-state index is 0.0401. The summed E-state index contributed by atoms with van der Waals surface area (Å²) < 4.78 is 57.6. The molecule has 8 heteroatoms. The van der Waals surface area contributed by atoms with Crippen LogP contribution in [-0.4, -0.2) is 13.5 Å². The molecule has 0 atom stereocenters. The summed E-state index contributed by atoms with van der Waals surface area (Å²) in [5, 5.41) is 8.89. The smallest absolute Gasteiger partial charge is 0.265 e. The molecule has 5 nitrogen and oxygen atoms in total. The zero-order valence-corrected chi connectivity index (χ0v) is 11.2. The third kappa shape index (κ3) is 2.66. The quantitative estimate of drug-likeness (QED) is 0.907. The molecular formula is C12H11F2NO4S. The van der Waals surface area contributed by atoms with Gasteiger partial charge >= 0.3 is 0 Å². The van der Waals surface area contributed by atoms with Gasteiger partial charge in [0.1, 0.15) is 23.0 Å². The first-order valence-electron chi connectivity index (χ1n) is 5.52. The zero-order valence-electron chi connectivity index (χ0n) is 10.4. The maximum Gasteiger partial charge on any atom is 0.265 e. The maximum absolute atomic E-state index is 13.5. The molecular weight excluding hydrogens is 292 g/mol. The van der Waals surface area contributed by atoms with Gasteiger partial charge in [-0.15, -0.1) is 0 Å². The first-order chi connectivity index (χ1) is 9.35. The summed E-state index contributed by atoms with van der Waals surface area (Å²) in [5.41, 5.74) is -0.504. The first kappa shape index (κ1) is 14.5. The van der Waals surface area contributed by atoms with Crippen molar-refractivity contribution in [3.63, 3.8) is 0 Å². The number of hydrogen-bond acceptors (Lipinski definition) is 4. The van der Waals surface area contributed by atoms with Crippen molar-refractivity contribution >= 4 is 15.7 Å². The maximum atomic E-state index is 13.5. The highest BCUT2D eigenvalue weighted by molar-refractivity contribution is 7.92. The van der Waals surface area contributed by atoms with E-state index < -0.39 is 34.0 Å². The van der Waals surface area contributed by atoms with Crippen LogP contribution >= 0.6 is 0 Å². The van der Waals surface area contributed by atoms with Crippen molar-refractivity contribution in [2.24, 2.45) is 0 Å². The Morgan fingerprint density at radius 2 is 2.05 bits per heavy atom. The molecule has 0 aliphatic carbocycles. The number of aliphatic hydroxyl groups is 1. The van der Waals surface area contributed by atoms with Gasteiger partial charge in [-0.2, -0.15) is 0 Å². The molecule has 0 aliphatic rings. The highest BCUT2D eigenvalue weighted by Gasteiger charge is 2.23. The van der Waals surface area contributed by atoms with E-state index in [1.165, 1.54) is 13.0 Å². The lowest BCUT2D eigenvalue weighted by molar-refractivity contribution is 0.245. The van der Waals surface area contributed by atoms with E-state index in [9.17, 15) is 17.2 Å². The Labute approximate surface area is 113 Å². The van der Waals surface area contributed by atoms with Gasteiger partial charge in [0.05, 0.1) is 5.69 Å². The van der Waals surface area contributed by atoms with Gasteiger partial charge < -0.3 is 9.52 Å². The van der Waals surface area contributed by atoms with Crippen LogP contribution in [0.25, 0.3) is 0 Å². The summed E-state index contributed by atoms with van der Waals surface area (Å²) in [4.78, 5) is -0.245. The second kappa shape index (κ2) is 5.22. The molecule has 0 unspecified atom stereocenters. The van der Waals surface area contributed by atoms with Crippen molar-refractivity contribution in [3.05, 3.63) is 47.4 Å². The van der Waals surface area contributed by atoms with Crippen LogP contribution < -0.4 is 4.72 Å². The number of furan rings is 1. The lowest BCUT2D eigenvalue weighted by Gasteiger charge is -2.08. The standard InChI is InChI=1S/C12H11F2NO4S/c1-7-11(5-8(6-16)19-7)20(17,18)15-10-4-2-3-9(13)12(10)14/h2-5,15-16H,6H2,1H3. The summed E-state index contributed by atoms with van der Waals surface area (Å²) in [6, 6.07) is 4.27. The van der Waals surface area contributed by atoms with Crippen LogP contribution in [0.2, 0.25) is 0 Å². The number of anilines is 1. The topological polar surface area (TPSA) is 79.5 Å².